The maximum Gasteiger partial charge on any atom is 0.411 e. The van der Waals surface area contributed by atoms with Crippen LogP contribution in [-0.2, 0) is 15.9 Å². The Morgan fingerprint density at radius 2 is 2.09 bits per heavy atom. The summed E-state index contributed by atoms with van der Waals surface area (Å²) in [5.41, 5.74) is 2.31. The van der Waals surface area contributed by atoms with E-state index in [9.17, 15) is 4.79 Å². The minimum atomic E-state index is -0.492. The third-order valence-corrected chi connectivity index (χ3v) is 5.66. The average Bonchev–Trinajstić information content (AvgIpc) is 3.36. The molecule has 0 saturated carbocycles. The third-order valence-electron chi connectivity index (χ3n) is 5.08. The van der Waals surface area contributed by atoms with Crippen molar-refractivity contribution in [3.8, 4) is 0 Å². The predicted octanol–water partition coefficient (Wildman–Crippen LogP) is 3.24. The number of aromatic amines is 1. The predicted molar refractivity (Wildman–Crippen MR) is 132 cm³/mol. The first kappa shape index (κ1) is 23.9. The molecule has 3 aromatic rings. The van der Waals surface area contributed by atoms with Gasteiger partial charge in [0.15, 0.2) is 0 Å². The summed E-state index contributed by atoms with van der Waals surface area (Å²) in [4.78, 5) is 30.4. The van der Waals surface area contributed by atoms with Crippen molar-refractivity contribution in [2.45, 2.75) is 6.42 Å². The van der Waals surface area contributed by atoms with Crippen LogP contribution >= 0.6 is 15.9 Å². The zero-order valence-corrected chi connectivity index (χ0v) is 20.2. The van der Waals surface area contributed by atoms with Crippen molar-refractivity contribution in [1.82, 2.24) is 24.8 Å². The highest BCUT2D eigenvalue weighted by Crippen LogP contribution is 2.23. The van der Waals surface area contributed by atoms with E-state index >= 15 is 0 Å². The molecule has 4 rings (SSSR count). The number of H-pyrrole nitrogens is 1. The topological polar surface area (TPSA) is 129 Å². The molecule has 3 heterocycles. The van der Waals surface area contributed by atoms with Crippen molar-refractivity contribution in [1.29, 1.82) is 0 Å². The number of benzene rings is 1. The van der Waals surface area contributed by atoms with E-state index in [1.807, 2.05) is 18.3 Å². The zero-order chi connectivity index (χ0) is 23.6. The van der Waals surface area contributed by atoms with E-state index in [4.69, 9.17) is 9.47 Å². The number of nitrogens with one attached hydrogen (secondary N) is 4. The third kappa shape index (κ3) is 7.40. The summed E-state index contributed by atoms with van der Waals surface area (Å²) in [5, 5.41) is 9.20. The van der Waals surface area contributed by atoms with Gasteiger partial charge in [0.2, 0.25) is 5.95 Å². The molecule has 0 aliphatic carbocycles. The van der Waals surface area contributed by atoms with Gasteiger partial charge in [-0.2, -0.15) is 4.98 Å². The van der Waals surface area contributed by atoms with Crippen LogP contribution in [0.1, 0.15) is 5.69 Å². The summed E-state index contributed by atoms with van der Waals surface area (Å²) < 4.78 is 11.4. The van der Waals surface area contributed by atoms with Gasteiger partial charge in [0, 0.05) is 56.4 Å². The summed E-state index contributed by atoms with van der Waals surface area (Å²) in [5.74, 6) is 1.10. The van der Waals surface area contributed by atoms with Crippen LogP contribution in [0.4, 0.5) is 27.9 Å². The Bertz CT molecular complexity index is 1060. The molecule has 1 aromatic carbocycles. The molecule has 0 spiro atoms. The maximum absolute atomic E-state index is 12.1. The number of ether oxygens (including phenoxy) is 2. The van der Waals surface area contributed by atoms with Gasteiger partial charge in [0.05, 0.1) is 29.7 Å². The summed E-state index contributed by atoms with van der Waals surface area (Å²) >= 11 is 3.47. The first-order valence-electron chi connectivity index (χ1n) is 11.0. The fourth-order valence-corrected chi connectivity index (χ4v) is 3.67. The fraction of sp³-hybridized carbons (Fsp3) is 0.364. The van der Waals surface area contributed by atoms with Crippen molar-refractivity contribution in [3.05, 3.63) is 53.2 Å². The Morgan fingerprint density at radius 3 is 2.91 bits per heavy atom. The van der Waals surface area contributed by atoms with Crippen molar-refractivity contribution in [3.63, 3.8) is 0 Å². The number of carbonyl (C=O) groups is 1. The Labute approximate surface area is 205 Å². The number of hydrogen-bond acceptors (Lipinski definition) is 9. The van der Waals surface area contributed by atoms with Gasteiger partial charge in [-0.05, 0) is 34.1 Å². The monoisotopic (exact) mass is 530 g/mol. The van der Waals surface area contributed by atoms with E-state index in [0.717, 1.165) is 48.6 Å². The van der Waals surface area contributed by atoms with Gasteiger partial charge in [-0.1, -0.05) is 6.07 Å². The van der Waals surface area contributed by atoms with E-state index in [0.29, 0.717) is 37.1 Å². The molecule has 34 heavy (non-hydrogen) atoms. The van der Waals surface area contributed by atoms with E-state index in [1.54, 1.807) is 24.7 Å². The molecule has 0 unspecified atom stereocenters. The second kappa shape index (κ2) is 12.3. The molecule has 12 heteroatoms. The van der Waals surface area contributed by atoms with Gasteiger partial charge >= 0.3 is 6.09 Å². The number of carbonyl (C=O) groups excluding carboxylic acids is 1. The van der Waals surface area contributed by atoms with Crippen LogP contribution < -0.4 is 16.0 Å². The van der Waals surface area contributed by atoms with Crippen LogP contribution in [0.5, 0.6) is 0 Å². The second-order valence-corrected chi connectivity index (χ2v) is 8.40. The van der Waals surface area contributed by atoms with Gasteiger partial charge in [-0.25, -0.2) is 14.8 Å². The molecule has 1 aliphatic heterocycles. The zero-order valence-electron chi connectivity index (χ0n) is 18.6. The maximum atomic E-state index is 12.1. The van der Waals surface area contributed by atoms with Crippen molar-refractivity contribution in [2.24, 2.45) is 0 Å². The smallest absolute Gasteiger partial charge is 0.411 e. The molecule has 0 radical (unpaired) electrons. The van der Waals surface area contributed by atoms with E-state index < -0.39 is 6.09 Å². The Kier molecular flexibility index (Phi) is 8.65. The molecular weight excluding hydrogens is 504 g/mol. The average molecular weight is 531 g/mol. The number of imidazole rings is 1. The van der Waals surface area contributed by atoms with Gasteiger partial charge < -0.3 is 25.1 Å². The van der Waals surface area contributed by atoms with Crippen LogP contribution in [-0.4, -0.2) is 76.9 Å². The number of anilines is 4. The molecule has 1 fully saturated rings. The van der Waals surface area contributed by atoms with Gasteiger partial charge in [0.25, 0.3) is 0 Å². The summed E-state index contributed by atoms with van der Waals surface area (Å²) in [6, 6.07) is 7.27. The van der Waals surface area contributed by atoms with Crippen LogP contribution in [0.3, 0.4) is 0 Å². The highest BCUT2D eigenvalue weighted by Gasteiger charge is 2.11. The SMILES string of the molecule is O=C(Nc1cccc(Nc2ncc(Br)c(NCCc3c[nH]cn3)n2)c1)OCCN1CCOCC1. The summed E-state index contributed by atoms with van der Waals surface area (Å²) in [6.07, 6.45) is 5.48. The van der Waals surface area contributed by atoms with Crippen molar-refractivity contribution >= 4 is 45.2 Å². The second-order valence-electron chi connectivity index (χ2n) is 7.55. The number of amides is 1. The van der Waals surface area contributed by atoms with Crippen LogP contribution in [0.2, 0.25) is 0 Å². The highest BCUT2D eigenvalue weighted by atomic mass is 79.9. The fourth-order valence-electron chi connectivity index (χ4n) is 3.34. The Balaban J connectivity index is 1.27. The molecule has 4 N–H and O–H groups in total. The van der Waals surface area contributed by atoms with Gasteiger partial charge in [-0.15, -0.1) is 0 Å². The molecule has 2 aromatic heterocycles. The van der Waals surface area contributed by atoms with Crippen LogP contribution in [0.25, 0.3) is 0 Å². The molecule has 1 amide bonds. The lowest BCUT2D eigenvalue weighted by Crippen LogP contribution is -2.38. The minimum absolute atomic E-state index is 0.326. The van der Waals surface area contributed by atoms with Crippen LogP contribution in [0, 0.1) is 0 Å². The lowest BCUT2D eigenvalue weighted by atomic mass is 10.3. The summed E-state index contributed by atoms with van der Waals surface area (Å²) in [7, 11) is 0. The number of hydrogen-bond donors (Lipinski definition) is 4. The largest absolute Gasteiger partial charge is 0.448 e. The lowest BCUT2D eigenvalue weighted by Gasteiger charge is -2.26. The van der Waals surface area contributed by atoms with Crippen LogP contribution in [0.15, 0.2) is 47.5 Å². The normalized spacial score (nSPS) is 13.9. The Hall–Kier alpha value is -3.22. The molecule has 0 bridgehead atoms. The molecular formula is C22H27BrN8O3. The standard InChI is InChI=1S/C22H27BrN8O3/c23-19-14-26-21(30-20(19)25-5-4-18-13-24-15-27-18)28-16-2-1-3-17(12-16)29-22(32)34-11-8-31-6-9-33-10-7-31/h1-3,12-15H,4-11H2,(H,24,27)(H,29,32)(H2,25,26,28,30). The Morgan fingerprint density at radius 1 is 1.24 bits per heavy atom. The number of rotatable bonds is 10. The van der Waals surface area contributed by atoms with Gasteiger partial charge in [-0.3, -0.25) is 10.2 Å². The van der Waals surface area contributed by atoms with E-state index in [1.165, 1.54) is 0 Å². The van der Waals surface area contributed by atoms with E-state index in [2.05, 4.69) is 56.7 Å². The number of halogens is 1. The first-order chi connectivity index (χ1) is 16.7. The van der Waals surface area contributed by atoms with Gasteiger partial charge in [0.1, 0.15) is 12.4 Å². The van der Waals surface area contributed by atoms with E-state index in [-0.39, 0.29) is 0 Å². The van der Waals surface area contributed by atoms with Crippen molar-refractivity contribution in [2.75, 3.05) is 62.0 Å². The molecule has 1 aliphatic rings. The summed E-state index contributed by atoms with van der Waals surface area (Å²) in [6.45, 7) is 4.85. The van der Waals surface area contributed by atoms with Crippen molar-refractivity contribution < 1.29 is 14.3 Å². The number of nitrogens with zero attached hydrogens (tertiary/aromatic N) is 4. The molecule has 1 saturated heterocycles. The minimum Gasteiger partial charge on any atom is -0.448 e. The number of morpholine rings is 1. The lowest BCUT2D eigenvalue weighted by molar-refractivity contribution is 0.0290. The molecule has 180 valence electrons. The molecule has 11 nitrogen and oxygen atoms in total. The number of aromatic nitrogens is 4. The highest BCUT2D eigenvalue weighted by molar-refractivity contribution is 9.10. The quantitative estimate of drug-likeness (QED) is 0.312. The first-order valence-corrected chi connectivity index (χ1v) is 11.8. The molecule has 0 atom stereocenters.